The molecule has 3 heterocycles. The number of hydrogen-bond donors (Lipinski definition) is 9. The Morgan fingerprint density at radius 2 is 1.71 bits per heavy atom. The van der Waals surface area contributed by atoms with Gasteiger partial charge in [0, 0.05) is 32.2 Å². The lowest BCUT2D eigenvalue weighted by Crippen LogP contribution is -2.67. The Morgan fingerprint density at radius 1 is 0.952 bits per heavy atom. The molecular weight excluding hydrogens is 818 g/mol. The molecule has 21 heteroatoms. The standard InChI is InChI=1S/C41H69N5O16/c1-4-25-18-26(38(54)42-12-15-57-16-13-46-20-27(44-45-46)11-8-14-47)19-28(36(25)62-41-35(53)34(52)32(50)22(2)58-41)60-40-31(43-23(3)49)37(33(51)30(21-48)61-40)59-29(39(55)56)17-24-9-6-5-7-10-24/h20,22,24-26,28-37,40-41,47-48,50-53H,4-19,21H2,1-3H3,(H,42,54)(H,43,49)(H,55,56)/t22?,25-,26?,28?,29+,30+,31?,32?,33?,34?,35?,36?,37?,40-,41?/m1/s1. The summed E-state index contributed by atoms with van der Waals surface area (Å²) < 4.78 is 38.5. The van der Waals surface area contributed by atoms with Gasteiger partial charge in [-0.3, -0.25) is 9.59 Å². The van der Waals surface area contributed by atoms with Crippen LogP contribution in [0.1, 0.15) is 90.7 Å². The van der Waals surface area contributed by atoms with E-state index >= 15 is 0 Å². The molecule has 2 amide bonds. The van der Waals surface area contributed by atoms with Crippen molar-refractivity contribution in [2.45, 2.75) is 178 Å². The van der Waals surface area contributed by atoms with Crippen molar-refractivity contribution < 1.29 is 78.6 Å². The minimum atomic E-state index is -1.65. The second-order valence-corrected chi connectivity index (χ2v) is 17.1. The highest BCUT2D eigenvalue weighted by Crippen LogP contribution is 2.40. The predicted octanol–water partition coefficient (Wildman–Crippen LogP) is -1.24. The lowest BCUT2D eigenvalue weighted by molar-refractivity contribution is -0.338. The molecule has 15 atom stereocenters. The van der Waals surface area contributed by atoms with E-state index in [1.807, 2.05) is 6.92 Å². The molecule has 1 aromatic rings. The highest BCUT2D eigenvalue weighted by molar-refractivity contribution is 5.78. The SMILES string of the molecule is CC[C@@H]1CC(C(=O)NCCOCCn2cc(CCCO)nn2)CC(O[C@@H]2O[C@@H](CO)C(O)C(O[C@@H](CC3CCCCC3)C(=O)O)C2NC(C)=O)C1OC1OC(C)C(O)C(O)C1O. The maximum atomic E-state index is 13.8. The Kier molecular flexibility index (Phi) is 19.7. The monoisotopic (exact) mass is 887 g/mol. The molecule has 0 bridgehead atoms. The third kappa shape index (κ3) is 13.6. The van der Waals surface area contributed by atoms with Gasteiger partial charge in [-0.1, -0.05) is 50.7 Å². The molecule has 0 spiro atoms. The van der Waals surface area contributed by atoms with Crippen molar-refractivity contribution in [1.29, 1.82) is 0 Å². The maximum absolute atomic E-state index is 13.8. The maximum Gasteiger partial charge on any atom is 0.332 e. The number of carboxylic acid groups (broad SMARTS) is 1. The first kappa shape index (κ1) is 50.1. The van der Waals surface area contributed by atoms with Crippen LogP contribution in [-0.2, 0) is 55.8 Å². The first-order valence-corrected chi connectivity index (χ1v) is 22.2. The fourth-order valence-electron chi connectivity index (χ4n) is 9.05. The first-order valence-electron chi connectivity index (χ1n) is 22.2. The van der Waals surface area contributed by atoms with E-state index in [0.717, 1.165) is 37.8 Å². The van der Waals surface area contributed by atoms with Crippen molar-refractivity contribution in [1.82, 2.24) is 25.6 Å². The van der Waals surface area contributed by atoms with Crippen LogP contribution in [0, 0.1) is 17.8 Å². The Morgan fingerprint density at radius 3 is 2.39 bits per heavy atom. The Labute approximate surface area is 361 Å². The van der Waals surface area contributed by atoms with Crippen molar-refractivity contribution in [3.8, 4) is 0 Å². The Hall–Kier alpha value is -2.93. The van der Waals surface area contributed by atoms with E-state index in [-0.39, 0.29) is 44.4 Å². The van der Waals surface area contributed by atoms with Crippen LogP contribution in [0.3, 0.4) is 0 Å². The fraction of sp³-hybridized carbons (Fsp3) is 0.878. The van der Waals surface area contributed by atoms with E-state index in [9.17, 15) is 45.0 Å². The van der Waals surface area contributed by atoms with E-state index < -0.39 is 110 Å². The highest BCUT2D eigenvalue weighted by atomic mass is 16.7. The number of aromatic nitrogens is 3. The number of nitrogens with zero attached hydrogens (tertiary/aromatic N) is 3. The topological polar surface area (TPSA) is 303 Å². The average Bonchev–Trinajstić information content (AvgIpc) is 3.71. The number of ether oxygens (including phenoxy) is 6. The highest BCUT2D eigenvalue weighted by Gasteiger charge is 2.53. The van der Waals surface area contributed by atoms with Gasteiger partial charge in [0.25, 0.3) is 0 Å². The van der Waals surface area contributed by atoms with Gasteiger partial charge < -0.3 is 74.8 Å². The van der Waals surface area contributed by atoms with Crippen molar-refractivity contribution in [3.05, 3.63) is 11.9 Å². The molecule has 0 aromatic carbocycles. The number of carbonyl (C=O) groups is 3. The molecule has 0 radical (unpaired) electrons. The molecule has 2 saturated carbocycles. The van der Waals surface area contributed by atoms with Gasteiger partial charge in [0.05, 0.1) is 50.4 Å². The van der Waals surface area contributed by atoms with Gasteiger partial charge in [-0.2, -0.15) is 0 Å². The van der Waals surface area contributed by atoms with E-state index in [1.165, 1.54) is 13.8 Å². The molecule has 62 heavy (non-hydrogen) atoms. The largest absolute Gasteiger partial charge is 0.479 e. The number of carboxylic acids is 1. The molecule has 2 saturated heterocycles. The van der Waals surface area contributed by atoms with Crippen LogP contribution in [0.15, 0.2) is 6.20 Å². The summed E-state index contributed by atoms with van der Waals surface area (Å²) in [5.74, 6) is -3.10. The zero-order valence-corrected chi connectivity index (χ0v) is 36.0. The molecular formula is C41H69N5O16. The third-order valence-corrected chi connectivity index (χ3v) is 12.5. The Balaban J connectivity index is 1.33. The van der Waals surface area contributed by atoms with Crippen molar-refractivity contribution >= 4 is 17.8 Å². The molecule has 11 unspecified atom stereocenters. The van der Waals surface area contributed by atoms with E-state index in [1.54, 1.807) is 10.9 Å². The number of aliphatic carboxylic acids is 1. The van der Waals surface area contributed by atoms with Crippen molar-refractivity contribution in [2.24, 2.45) is 17.8 Å². The zero-order chi connectivity index (χ0) is 44.9. The predicted molar refractivity (Wildman–Crippen MR) is 215 cm³/mol. The van der Waals surface area contributed by atoms with Gasteiger partial charge in [-0.15, -0.1) is 5.10 Å². The van der Waals surface area contributed by atoms with Crippen LogP contribution < -0.4 is 10.6 Å². The summed E-state index contributed by atoms with van der Waals surface area (Å²) in [6, 6.07) is -1.30. The summed E-state index contributed by atoms with van der Waals surface area (Å²) in [6.45, 7) is 5.13. The first-order chi connectivity index (χ1) is 29.7. The molecule has 5 rings (SSSR count). The average molecular weight is 888 g/mol. The quantitative estimate of drug-likeness (QED) is 0.0616. The van der Waals surface area contributed by atoms with E-state index in [2.05, 4.69) is 20.9 Å². The lowest BCUT2D eigenvalue weighted by Gasteiger charge is -2.49. The zero-order valence-electron chi connectivity index (χ0n) is 36.0. The number of hydrogen-bond acceptors (Lipinski definition) is 17. The van der Waals surface area contributed by atoms with Gasteiger partial charge in [-0.25, -0.2) is 9.48 Å². The summed E-state index contributed by atoms with van der Waals surface area (Å²) in [4.78, 5) is 39.1. The van der Waals surface area contributed by atoms with Crippen LogP contribution in [-0.4, -0.2) is 181 Å². The summed E-state index contributed by atoms with van der Waals surface area (Å²) >= 11 is 0. The number of aliphatic hydroxyl groups excluding tert-OH is 6. The minimum Gasteiger partial charge on any atom is -0.479 e. The third-order valence-electron chi connectivity index (χ3n) is 12.5. The van der Waals surface area contributed by atoms with Gasteiger partial charge in [-0.05, 0) is 50.9 Å². The van der Waals surface area contributed by atoms with Crippen LogP contribution in [0.5, 0.6) is 0 Å². The molecule has 1 aromatic heterocycles. The molecule has 21 nitrogen and oxygen atoms in total. The number of nitrogens with one attached hydrogen (secondary N) is 2. The second kappa shape index (κ2) is 24.4. The molecule has 354 valence electrons. The van der Waals surface area contributed by atoms with Gasteiger partial charge in [0.1, 0.15) is 42.7 Å². The van der Waals surface area contributed by atoms with Crippen LogP contribution in [0.2, 0.25) is 0 Å². The van der Waals surface area contributed by atoms with Crippen LogP contribution in [0.25, 0.3) is 0 Å². The molecule has 2 aliphatic carbocycles. The number of rotatable bonds is 22. The number of aliphatic hydroxyl groups is 6. The van der Waals surface area contributed by atoms with Crippen molar-refractivity contribution in [2.75, 3.05) is 33.0 Å². The van der Waals surface area contributed by atoms with Gasteiger partial charge in [0.2, 0.25) is 11.8 Å². The summed E-state index contributed by atoms with van der Waals surface area (Å²) in [5, 5.41) is 86.8. The number of aryl methyl sites for hydroxylation is 1. The normalized spacial score (nSPS) is 35.0. The van der Waals surface area contributed by atoms with Crippen LogP contribution in [0.4, 0.5) is 0 Å². The molecule has 9 N–H and O–H groups in total. The molecule has 2 aliphatic heterocycles. The number of carbonyl (C=O) groups excluding carboxylic acids is 2. The van der Waals surface area contributed by atoms with Crippen molar-refractivity contribution in [3.63, 3.8) is 0 Å². The summed E-state index contributed by atoms with van der Waals surface area (Å²) in [5.41, 5.74) is 0.767. The summed E-state index contributed by atoms with van der Waals surface area (Å²) in [6.07, 6.45) is -7.50. The van der Waals surface area contributed by atoms with Gasteiger partial charge >= 0.3 is 5.97 Å². The summed E-state index contributed by atoms with van der Waals surface area (Å²) in [7, 11) is 0. The molecule has 4 fully saturated rings. The molecule has 4 aliphatic rings. The minimum absolute atomic E-state index is 0.0201. The smallest absolute Gasteiger partial charge is 0.332 e. The Bertz CT molecular complexity index is 1540. The lowest BCUT2D eigenvalue weighted by atomic mass is 9.75. The second-order valence-electron chi connectivity index (χ2n) is 17.1. The van der Waals surface area contributed by atoms with E-state index in [0.29, 0.717) is 38.8 Å². The number of amides is 2. The van der Waals surface area contributed by atoms with Gasteiger partial charge in [0.15, 0.2) is 18.7 Å². The van der Waals surface area contributed by atoms with E-state index in [4.69, 9.17) is 33.5 Å². The van der Waals surface area contributed by atoms with Crippen LogP contribution >= 0.6 is 0 Å². The fourth-order valence-corrected chi connectivity index (χ4v) is 9.05.